The Morgan fingerprint density at radius 2 is 1.76 bits per heavy atom. The van der Waals surface area contributed by atoms with Crippen molar-refractivity contribution in [3.8, 4) is 11.4 Å². The predicted octanol–water partition coefficient (Wildman–Crippen LogP) is 4.03. The molecule has 0 atom stereocenters. The van der Waals surface area contributed by atoms with Gasteiger partial charge in [0.05, 0.1) is 28.1 Å². The second-order valence-electron chi connectivity index (χ2n) is 7.40. The SMILES string of the molecule is CCCCCOC(=O)c1nn(-c2ccc(OC(F)(F)F)cc2)c2cccc(S(C)(=O)=O)c2c1=O. The Bertz CT molecular complexity index is 1370. The van der Waals surface area contributed by atoms with E-state index in [1.807, 2.05) is 6.92 Å². The zero-order valence-corrected chi connectivity index (χ0v) is 19.1. The molecule has 3 rings (SSSR count). The molecule has 3 aromatic rings. The number of carbonyl (C=O) groups is 1. The average molecular weight is 498 g/mol. The molecular weight excluding hydrogens is 477 g/mol. The Hall–Kier alpha value is -3.41. The van der Waals surface area contributed by atoms with E-state index in [0.717, 1.165) is 35.9 Å². The van der Waals surface area contributed by atoms with Gasteiger partial charge in [-0.3, -0.25) is 4.79 Å². The lowest BCUT2D eigenvalue weighted by Gasteiger charge is -2.14. The van der Waals surface area contributed by atoms with Crippen molar-refractivity contribution in [3.05, 3.63) is 58.4 Å². The highest BCUT2D eigenvalue weighted by Crippen LogP contribution is 2.26. The second kappa shape index (κ2) is 9.84. The van der Waals surface area contributed by atoms with Crippen molar-refractivity contribution in [2.75, 3.05) is 12.9 Å². The fourth-order valence-corrected chi connectivity index (χ4v) is 4.15. The summed E-state index contributed by atoms with van der Waals surface area (Å²) >= 11 is 0. The molecule has 0 saturated carbocycles. The van der Waals surface area contributed by atoms with Crippen molar-refractivity contribution < 1.29 is 35.9 Å². The Labute approximate surface area is 192 Å². The molecular formula is C22H21F3N2O6S. The first-order valence-electron chi connectivity index (χ1n) is 10.2. The zero-order chi connectivity index (χ0) is 25.1. The number of hydrogen-bond donors (Lipinski definition) is 0. The number of fused-ring (bicyclic) bond motifs is 1. The van der Waals surface area contributed by atoms with Crippen molar-refractivity contribution in [2.45, 2.75) is 37.4 Å². The molecule has 0 saturated heterocycles. The van der Waals surface area contributed by atoms with E-state index in [4.69, 9.17) is 4.74 Å². The summed E-state index contributed by atoms with van der Waals surface area (Å²) < 4.78 is 72.2. The van der Waals surface area contributed by atoms with Crippen LogP contribution in [0.2, 0.25) is 0 Å². The van der Waals surface area contributed by atoms with Crippen LogP contribution in [-0.2, 0) is 14.6 Å². The highest BCUT2D eigenvalue weighted by Gasteiger charge is 2.31. The van der Waals surface area contributed by atoms with E-state index < -0.39 is 39.0 Å². The van der Waals surface area contributed by atoms with E-state index >= 15 is 0 Å². The number of esters is 1. The third-order valence-electron chi connectivity index (χ3n) is 4.76. The first kappa shape index (κ1) is 25.2. The van der Waals surface area contributed by atoms with Crippen LogP contribution in [0.3, 0.4) is 0 Å². The van der Waals surface area contributed by atoms with E-state index in [0.29, 0.717) is 6.42 Å². The van der Waals surface area contributed by atoms with Crippen LogP contribution in [0, 0.1) is 0 Å². The molecule has 12 heteroatoms. The molecule has 0 N–H and O–H groups in total. The molecule has 2 aromatic carbocycles. The lowest BCUT2D eigenvalue weighted by atomic mass is 10.2. The minimum atomic E-state index is -4.89. The van der Waals surface area contributed by atoms with E-state index in [-0.39, 0.29) is 28.1 Å². The van der Waals surface area contributed by atoms with Crippen molar-refractivity contribution >= 4 is 26.7 Å². The normalized spacial score (nSPS) is 12.0. The van der Waals surface area contributed by atoms with E-state index in [1.165, 1.54) is 30.3 Å². The van der Waals surface area contributed by atoms with Crippen molar-refractivity contribution in [3.63, 3.8) is 0 Å². The molecule has 0 aliphatic rings. The van der Waals surface area contributed by atoms with Gasteiger partial charge in [0, 0.05) is 6.26 Å². The maximum Gasteiger partial charge on any atom is 0.573 e. The lowest BCUT2D eigenvalue weighted by Crippen LogP contribution is -2.25. The van der Waals surface area contributed by atoms with Crippen LogP contribution in [0.1, 0.15) is 36.7 Å². The van der Waals surface area contributed by atoms with Gasteiger partial charge in [0.15, 0.2) is 9.84 Å². The minimum absolute atomic E-state index is 0.0416. The van der Waals surface area contributed by atoms with E-state index in [1.54, 1.807) is 0 Å². The van der Waals surface area contributed by atoms with Crippen molar-refractivity contribution in [1.82, 2.24) is 9.78 Å². The molecule has 1 heterocycles. The fourth-order valence-electron chi connectivity index (χ4n) is 3.26. The standard InChI is InChI=1S/C22H21F3N2O6S/c1-3-4-5-13-32-21(29)19-20(28)18-16(7-6-8-17(18)34(2,30)31)27(26-19)14-9-11-15(12-10-14)33-22(23,24)25/h6-12H,3-5,13H2,1-2H3. The van der Waals surface area contributed by atoms with Crippen LogP contribution in [0.5, 0.6) is 5.75 Å². The Balaban J connectivity index is 2.20. The molecule has 0 spiro atoms. The third-order valence-corrected chi connectivity index (χ3v) is 5.90. The molecule has 182 valence electrons. The monoisotopic (exact) mass is 498 g/mol. The van der Waals surface area contributed by atoms with Gasteiger partial charge in [-0.15, -0.1) is 13.2 Å². The molecule has 0 aliphatic heterocycles. The number of ether oxygens (including phenoxy) is 2. The highest BCUT2D eigenvalue weighted by molar-refractivity contribution is 7.91. The Morgan fingerprint density at radius 3 is 2.35 bits per heavy atom. The van der Waals surface area contributed by atoms with Crippen LogP contribution in [0.15, 0.2) is 52.2 Å². The van der Waals surface area contributed by atoms with Gasteiger partial charge in [-0.25, -0.2) is 17.9 Å². The maximum atomic E-state index is 13.1. The van der Waals surface area contributed by atoms with Gasteiger partial charge in [-0.05, 0) is 42.8 Å². The summed E-state index contributed by atoms with van der Waals surface area (Å²) in [6.07, 6.45) is -1.72. The van der Waals surface area contributed by atoms with Gasteiger partial charge >= 0.3 is 12.3 Å². The van der Waals surface area contributed by atoms with Gasteiger partial charge in [-0.1, -0.05) is 25.8 Å². The zero-order valence-electron chi connectivity index (χ0n) is 18.3. The number of unbranched alkanes of at least 4 members (excludes halogenated alkanes) is 2. The van der Waals surface area contributed by atoms with Crippen molar-refractivity contribution in [2.24, 2.45) is 0 Å². The van der Waals surface area contributed by atoms with Crippen LogP contribution in [-0.4, -0.2) is 43.4 Å². The molecule has 34 heavy (non-hydrogen) atoms. The van der Waals surface area contributed by atoms with Crippen LogP contribution >= 0.6 is 0 Å². The topological polar surface area (TPSA) is 105 Å². The summed E-state index contributed by atoms with van der Waals surface area (Å²) in [6.45, 7) is 2.01. The van der Waals surface area contributed by atoms with Gasteiger partial charge in [0.25, 0.3) is 0 Å². The quantitative estimate of drug-likeness (QED) is 0.341. The number of halogens is 3. The number of aromatic nitrogens is 2. The number of rotatable bonds is 8. The lowest BCUT2D eigenvalue weighted by molar-refractivity contribution is -0.274. The van der Waals surface area contributed by atoms with Crippen LogP contribution in [0.25, 0.3) is 16.6 Å². The van der Waals surface area contributed by atoms with Gasteiger partial charge < -0.3 is 9.47 Å². The Morgan fingerprint density at radius 1 is 1.09 bits per heavy atom. The van der Waals surface area contributed by atoms with Gasteiger partial charge in [0.1, 0.15) is 5.75 Å². The highest BCUT2D eigenvalue weighted by atomic mass is 32.2. The van der Waals surface area contributed by atoms with Gasteiger partial charge in [0.2, 0.25) is 11.1 Å². The van der Waals surface area contributed by atoms with Crippen molar-refractivity contribution in [1.29, 1.82) is 0 Å². The number of carbonyl (C=O) groups excluding carboxylic acids is 1. The smallest absolute Gasteiger partial charge is 0.461 e. The minimum Gasteiger partial charge on any atom is -0.461 e. The third kappa shape index (κ3) is 5.74. The fraction of sp³-hybridized carbons (Fsp3) is 0.318. The van der Waals surface area contributed by atoms with E-state index in [9.17, 15) is 31.2 Å². The summed E-state index contributed by atoms with van der Waals surface area (Å²) in [5, 5.41) is 3.79. The summed E-state index contributed by atoms with van der Waals surface area (Å²) in [6, 6.07) is 8.52. The molecule has 0 aliphatic carbocycles. The number of alkyl halides is 3. The molecule has 0 unspecified atom stereocenters. The first-order chi connectivity index (χ1) is 15.9. The molecule has 0 radical (unpaired) electrons. The number of hydrogen-bond acceptors (Lipinski definition) is 7. The summed E-state index contributed by atoms with van der Waals surface area (Å²) in [4.78, 5) is 25.5. The number of sulfone groups is 1. The molecule has 8 nitrogen and oxygen atoms in total. The molecule has 0 bridgehead atoms. The summed E-state index contributed by atoms with van der Waals surface area (Å²) in [5.74, 6) is -1.52. The van der Waals surface area contributed by atoms with Gasteiger partial charge in [-0.2, -0.15) is 5.10 Å². The average Bonchev–Trinajstić information content (AvgIpc) is 2.75. The first-order valence-corrected chi connectivity index (χ1v) is 12.1. The number of benzene rings is 2. The summed E-state index contributed by atoms with van der Waals surface area (Å²) in [7, 11) is -3.88. The summed E-state index contributed by atoms with van der Waals surface area (Å²) in [5.41, 5.74) is -1.37. The maximum absolute atomic E-state index is 13.1. The molecule has 0 fully saturated rings. The van der Waals surface area contributed by atoms with Crippen LogP contribution < -0.4 is 10.2 Å². The number of nitrogens with zero attached hydrogens (tertiary/aromatic N) is 2. The second-order valence-corrected chi connectivity index (χ2v) is 9.38. The predicted molar refractivity (Wildman–Crippen MR) is 117 cm³/mol. The largest absolute Gasteiger partial charge is 0.573 e. The van der Waals surface area contributed by atoms with Crippen LogP contribution in [0.4, 0.5) is 13.2 Å². The molecule has 1 aromatic heterocycles. The van der Waals surface area contributed by atoms with E-state index in [2.05, 4.69) is 9.84 Å². The molecule has 0 amide bonds. The Kier molecular flexibility index (Phi) is 7.29.